The van der Waals surface area contributed by atoms with Crippen molar-refractivity contribution in [2.45, 2.75) is 26.3 Å². The van der Waals surface area contributed by atoms with Crippen LogP contribution >= 0.6 is 0 Å². The van der Waals surface area contributed by atoms with Crippen molar-refractivity contribution in [2.75, 3.05) is 49.6 Å². The standard InChI is InChI=1S/C26H30N4O5/c1-18-5-3-4-6-22(18)25(33)29(12-11-28-13-15-35-16-14-28)23-17-24(32)30(26(23)34)21-9-7-20(8-10-21)27-19(2)31/h3-10,23H,11-17H2,1-2H3,(H,27,31). The van der Waals surface area contributed by atoms with Gasteiger partial charge in [0, 0.05) is 44.4 Å². The summed E-state index contributed by atoms with van der Waals surface area (Å²) < 4.78 is 5.41. The lowest BCUT2D eigenvalue weighted by atomic mass is 10.1. The second-order valence-electron chi connectivity index (χ2n) is 8.78. The summed E-state index contributed by atoms with van der Waals surface area (Å²) in [7, 11) is 0. The van der Waals surface area contributed by atoms with E-state index in [1.807, 2.05) is 19.1 Å². The van der Waals surface area contributed by atoms with E-state index < -0.39 is 11.9 Å². The molecule has 4 amide bonds. The Labute approximate surface area is 204 Å². The van der Waals surface area contributed by atoms with E-state index in [2.05, 4.69) is 10.2 Å². The minimum Gasteiger partial charge on any atom is -0.379 e. The molecule has 2 saturated heterocycles. The van der Waals surface area contributed by atoms with Gasteiger partial charge in [-0.3, -0.25) is 24.1 Å². The third kappa shape index (κ3) is 5.58. The summed E-state index contributed by atoms with van der Waals surface area (Å²) in [6, 6.07) is 12.9. The number of imide groups is 1. The Hall–Kier alpha value is -3.56. The topological polar surface area (TPSA) is 99.3 Å². The first-order chi connectivity index (χ1) is 16.8. The van der Waals surface area contributed by atoms with E-state index in [-0.39, 0.29) is 24.1 Å². The lowest BCUT2D eigenvalue weighted by Crippen LogP contribution is -2.49. The lowest BCUT2D eigenvalue weighted by molar-refractivity contribution is -0.122. The zero-order chi connectivity index (χ0) is 24.9. The maximum Gasteiger partial charge on any atom is 0.257 e. The number of benzene rings is 2. The summed E-state index contributed by atoms with van der Waals surface area (Å²) in [5, 5.41) is 2.66. The summed E-state index contributed by atoms with van der Waals surface area (Å²) in [5.74, 6) is -1.26. The van der Waals surface area contributed by atoms with Gasteiger partial charge in [-0.05, 0) is 42.8 Å². The Morgan fingerprint density at radius 2 is 1.74 bits per heavy atom. The zero-order valence-corrected chi connectivity index (χ0v) is 20.0. The van der Waals surface area contributed by atoms with Gasteiger partial charge in [0.05, 0.1) is 25.3 Å². The maximum atomic E-state index is 13.6. The van der Waals surface area contributed by atoms with Crippen LogP contribution in [0.5, 0.6) is 0 Å². The number of hydrogen-bond donors (Lipinski definition) is 1. The molecule has 1 unspecified atom stereocenters. The third-order valence-corrected chi connectivity index (χ3v) is 6.34. The van der Waals surface area contributed by atoms with Crippen molar-refractivity contribution in [2.24, 2.45) is 0 Å². The number of aryl methyl sites for hydroxylation is 1. The van der Waals surface area contributed by atoms with Crippen molar-refractivity contribution in [1.29, 1.82) is 0 Å². The van der Waals surface area contributed by atoms with E-state index in [1.54, 1.807) is 41.3 Å². The van der Waals surface area contributed by atoms with Crippen molar-refractivity contribution in [1.82, 2.24) is 9.80 Å². The molecule has 0 bridgehead atoms. The molecule has 4 rings (SSSR count). The Morgan fingerprint density at radius 3 is 2.40 bits per heavy atom. The molecule has 2 aliphatic heterocycles. The number of carbonyl (C=O) groups excluding carboxylic acids is 4. The van der Waals surface area contributed by atoms with Crippen LogP contribution < -0.4 is 10.2 Å². The quantitative estimate of drug-likeness (QED) is 0.612. The van der Waals surface area contributed by atoms with Gasteiger partial charge in [-0.2, -0.15) is 0 Å². The zero-order valence-electron chi connectivity index (χ0n) is 20.0. The van der Waals surface area contributed by atoms with Gasteiger partial charge in [0.1, 0.15) is 6.04 Å². The molecule has 2 aliphatic rings. The fraction of sp³-hybridized carbons (Fsp3) is 0.385. The molecule has 0 aromatic heterocycles. The van der Waals surface area contributed by atoms with E-state index in [9.17, 15) is 19.2 Å². The van der Waals surface area contributed by atoms with Gasteiger partial charge in [0.25, 0.3) is 11.8 Å². The van der Waals surface area contributed by atoms with Crippen LogP contribution in [0.15, 0.2) is 48.5 Å². The molecular weight excluding hydrogens is 448 g/mol. The molecule has 184 valence electrons. The summed E-state index contributed by atoms with van der Waals surface area (Å²) in [4.78, 5) is 56.2. The first-order valence-electron chi connectivity index (χ1n) is 11.8. The van der Waals surface area contributed by atoms with Crippen LogP contribution in [0.4, 0.5) is 11.4 Å². The highest BCUT2D eigenvalue weighted by molar-refractivity contribution is 6.23. The van der Waals surface area contributed by atoms with Crippen molar-refractivity contribution in [3.63, 3.8) is 0 Å². The van der Waals surface area contributed by atoms with Gasteiger partial charge in [0.2, 0.25) is 11.8 Å². The minimum absolute atomic E-state index is 0.0764. The fourth-order valence-electron chi connectivity index (χ4n) is 4.47. The van der Waals surface area contributed by atoms with E-state index in [4.69, 9.17) is 4.74 Å². The lowest BCUT2D eigenvalue weighted by Gasteiger charge is -2.32. The molecule has 0 radical (unpaired) electrons. The molecule has 2 aromatic rings. The Bertz CT molecular complexity index is 1110. The highest BCUT2D eigenvalue weighted by Crippen LogP contribution is 2.28. The highest BCUT2D eigenvalue weighted by atomic mass is 16.5. The second kappa shape index (κ2) is 10.8. The first-order valence-corrected chi connectivity index (χ1v) is 11.8. The smallest absolute Gasteiger partial charge is 0.257 e. The molecule has 1 atom stereocenters. The number of rotatable bonds is 7. The van der Waals surface area contributed by atoms with Crippen LogP contribution in [0.1, 0.15) is 29.3 Å². The number of carbonyl (C=O) groups is 4. The van der Waals surface area contributed by atoms with E-state index >= 15 is 0 Å². The number of amides is 4. The van der Waals surface area contributed by atoms with Crippen LogP contribution in [0.3, 0.4) is 0 Å². The number of hydrogen-bond acceptors (Lipinski definition) is 6. The molecule has 2 fully saturated rings. The van der Waals surface area contributed by atoms with E-state index in [0.29, 0.717) is 43.2 Å². The molecule has 0 saturated carbocycles. The predicted molar refractivity (Wildman–Crippen MR) is 131 cm³/mol. The molecule has 9 nitrogen and oxygen atoms in total. The number of morpholine rings is 1. The van der Waals surface area contributed by atoms with Gasteiger partial charge in [-0.25, -0.2) is 4.90 Å². The molecule has 2 aromatic carbocycles. The van der Waals surface area contributed by atoms with Crippen LogP contribution in [-0.4, -0.2) is 78.9 Å². The predicted octanol–water partition coefficient (Wildman–Crippen LogP) is 2.06. The summed E-state index contributed by atoms with van der Waals surface area (Å²) >= 11 is 0. The van der Waals surface area contributed by atoms with Crippen molar-refractivity contribution >= 4 is 35.0 Å². The highest BCUT2D eigenvalue weighted by Gasteiger charge is 2.44. The van der Waals surface area contributed by atoms with E-state index in [0.717, 1.165) is 23.6 Å². The third-order valence-electron chi connectivity index (χ3n) is 6.34. The Morgan fingerprint density at radius 1 is 1.06 bits per heavy atom. The largest absolute Gasteiger partial charge is 0.379 e. The first kappa shape index (κ1) is 24.6. The molecule has 0 spiro atoms. The van der Waals surface area contributed by atoms with Gasteiger partial charge in [-0.15, -0.1) is 0 Å². The number of ether oxygens (including phenoxy) is 1. The van der Waals surface area contributed by atoms with Crippen molar-refractivity contribution in [3.05, 3.63) is 59.7 Å². The van der Waals surface area contributed by atoms with E-state index in [1.165, 1.54) is 6.92 Å². The van der Waals surface area contributed by atoms with Crippen LogP contribution in [-0.2, 0) is 19.1 Å². The second-order valence-corrected chi connectivity index (χ2v) is 8.78. The normalized spacial score (nSPS) is 18.6. The van der Waals surface area contributed by atoms with Gasteiger partial charge >= 0.3 is 0 Å². The average molecular weight is 479 g/mol. The maximum absolute atomic E-state index is 13.6. The molecule has 1 N–H and O–H groups in total. The number of nitrogens with one attached hydrogen (secondary N) is 1. The van der Waals surface area contributed by atoms with Gasteiger partial charge in [-0.1, -0.05) is 18.2 Å². The van der Waals surface area contributed by atoms with Crippen LogP contribution in [0.25, 0.3) is 0 Å². The number of anilines is 2. The van der Waals surface area contributed by atoms with Gasteiger partial charge in [0.15, 0.2) is 0 Å². The molecule has 2 heterocycles. The van der Waals surface area contributed by atoms with Crippen LogP contribution in [0.2, 0.25) is 0 Å². The Kier molecular flexibility index (Phi) is 7.57. The minimum atomic E-state index is -0.884. The van der Waals surface area contributed by atoms with Crippen molar-refractivity contribution < 1.29 is 23.9 Å². The van der Waals surface area contributed by atoms with Crippen molar-refractivity contribution in [3.8, 4) is 0 Å². The fourth-order valence-corrected chi connectivity index (χ4v) is 4.47. The number of nitrogens with zero attached hydrogens (tertiary/aromatic N) is 3. The molecule has 9 heteroatoms. The molecular formula is C26H30N4O5. The summed E-state index contributed by atoms with van der Waals surface area (Å²) in [5.41, 5.74) is 2.32. The monoisotopic (exact) mass is 478 g/mol. The SMILES string of the molecule is CC(=O)Nc1ccc(N2C(=O)CC(N(CCN3CCOCC3)C(=O)c3ccccc3C)C2=O)cc1. The molecule has 0 aliphatic carbocycles. The molecule has 35 heavy (non-hydrogen) atoms. The Balaban J connectivity index is 1.57. The summed E-state index contributed by atoms with van der Waals surface area (Å²) in [6.45, 7) is 6.97. The van der Waals surface area contributed by atoms with Crippen LogP contribution in [0, 0.1) is 6.92 Å². The average Bonchev–Trinajstić information content (AvgIpc) is 3.14. The summed E-state index contributed by atoms with van der Waals surface area (Å²) in [6.07, 6.45) is -0.0764. The van der Waals surface area contributed by atoms with Gasteiger partial charge < -0.3 is 15.0 Å².